The SMILES string of the molecule is COC(=O)C1(CN)CC(c2ccc(NC(C)=O)cc2)=NO1. The van der Waals surface area contributed by atoms with E-state index in [9.17, 15) is 9.59 Å². The molecule has 0 aromatic heterocycles. The third-order valence-electron chi connectivity index (χ3n) is 3.21. The lowest BCUT2D eigenvalue weighted by molar-refractivity contribution is -0.165. The summed E-state index contributed by atoms with van der Waals surface area (Å²) in [6.07, 6.45) is 0.246. The number of nitrogens with two attached hydrogens (primary N) is 1. The molecule has 0 saturated carbocycles. The van der Waals surface area contributed by atoms with E-state index < -0.39 is 11.6 Å². The number of nitrogens with one attached hydrogen (secondary N) is 1. The number of rotatable bonds is 4. The zero-order chi connectivity index (χ0) is 15.5. The van der Waals surface area contributed by atoms with E-state index in [-0.39, 0.29) is 18.9 Å². The van der Waals surface area contributed by atoms with E-state index in [0.717, 1.165) is 5.56 Å². The van der Waals surface area contributed by atoms with Crippen LogP contribution >= 0.6 is 0 Å². The minimum absolute atomic E-state index is 0.0172. The summed E-state index contributed by atoms with van der Waals surface area (Å²) in [4.78, 5) is 28.0. The lowest BCUT2D eigenvalue weighted by Crippen LogP contribution is -2.46. The zero-order valence-corrected chi connectivity index (χ0v) is 11.9. The number of methoxy groups -OCH3 is 1. The number of ether oxygens (including phenoxy) is 1. The van der Waals surface area contributed by atoms with E-state index in [4.69, 9.17) is 15.3 Å². The number of esters is 1. The van der Waals surface area contributed by atoms with E-state index in [1.165, 1.54) is 14.0 Å². The van der Waals surface area contributed by atoms with Crippen LogP contribution in [0, 0.1) is 0 Å². The van der Waals surface area contributed by atoms with Gasteiger partial charge in [0.1, 0.15) is 0 Å². The van der Waals surface area contributed by atoms with Crippen molar-refractivity contribution in [2.45, 2.75) is 18.9 Å². The summed E-state index contributed by atoms with van der Waals surface area (Å²) in [5, 5.41) is 6.61. The van der Waals surface area contributed by atoms with Crippen molar-refractivity contribution in [3.63, 3.8) is 0 Å². The second-order valence-corrected chi connectivity index (χ2v) is 4.75. The van der Waals surface area contributed by atoms with Crippen LogP contribution in [0.5, 0.6) is 0 Å². The Morgan fingerprint density at radius 2 is 2.10 bits per heavy atom. The van der Waals surface area contributed by atoms with Crippen LogP contribution in [-0.4, -0.2) is 36.8 Å². The number of hydrogen-bond acceptors (Lipinski definition) is 6. The molecule has 1 aromatic carbocycles. The summed E-state index contributed by atoms with van der Waals surface area (Å²) >= 11 is 0. The summed E-state index contributed by atoms with van der Waals surface area (Å²) in [7, 11) is 1.28. The highest BCUT2D eigenvalue weighted by Gasteiger charge is 2.46. The number of nitrogens with zero attached hydrogens (tertiary/aromatic N) is 1. The van der Waals surface area contributed by atoms with E-state index in [1.54, 1.807) is 24.3 Å². The van der Waals surface area contributed by atoms with Gasteiger partial charge in [-0.1, -0.05) is 17.3 Å². The number of oxime groups is 1. The Labute approximate surface area is 122 Å². The van der Waals surface area contributed by atoms with Gasteiger partial charge >= 0.3 is 5.97 Å². The minimum Gasteiger partial charge on any atom is -0.466 e. The summed E-state index contributed by atoms with van der Waals surface area (Å²) in [5.74, 6) is -0.684. The predicted molar refractivity (Wildman–Crippen MR) is 76.8 cm³/mol. The fourth-order valence-electron chi connectivity index (χ4n) is 2.07. The molecule has 1 aromatic rings. The molecule has 1 unspecified atom stereocenters. The van der Waals surface area contributed by atoms with Crippen molar-refractivity contribution in [2.75, 3.05) is 19.0 Å². The van der Waals surface area contributed by atoms with Gasteiger partial charge in [0, 0.05) is 25.6 Å². The summed E-state index contributed by atoms with van der Waals surface area (Å²) < 4.78 is 4.71. The van der Waals surface area contributed by atoms with Gasteiger partial charge in [-0.2, -0.15) is 0 Å². The van der Waals surface area contributed by atoms with Gasteiger partial charge in [-0.05, 0) is 17.7 Å². The highest BCUT2D eigenvalue weighted by molar-refractivity contribution is 6.05. The predicted octanol–water partition coefficient (Wildman–Crippen LogP) is 0.640. The van der Waals surface area contributed by atoms with E-state index in [2.05, 4.69) is 10.5 Å². The molecule has 3 N–H and O–H groups in total. The average molecular weight is 291 g/mol. The lowest BCUT2D eigenvalue weighted by Gasteiger charge is -2.21. The quantitative estimate of drug-likeness (QED) is 0.792. The molecular formula is C14H17N3O4. The Hall–Kier alpha value is -2.41. The molecule has 0 aliphatic carbocycles. The topological polar surface area (TPSA) is 103 Å². The normalized spacial score (nSPS) is 20.4. The molecule has 1 aliphatic heterocycles. The second kappa shape index (κ2) is 5.92. The van der Waals surface area contributed by atoms with E-state index in [1.807, 2.05) is 0 Å². The molecule has 7 nitrogen and oxygen atoms in total. The number of amides is 1. The molecule has 0 spiro atoms. The summed E-state index contributed by atoms with van der Waals surface area (Å²) in [5.41, 5.74) is 6.46. The summed E-state index contributed by atoms with van der Waals surface area (Å²) in [6.45, 7) is 1.42. The Morgan fingerprint density at radius 3 is 2.62 bits per heavy atom. The first kappa shape index (κ1) is 15.0. The fraction of sp³-hybridized carbons (Fsp3) is 0.357. The number of hydrogen-bond donors (Lipinski definition) is 2. The Kier molecular flexibility index (Phi) is 4.23. The Morgan fingerprint density at radius 1 is 1.43 bits per heavy atom. The third-order valence-corrected chi connectivity index (χ3v) is 3.21. The van der Waals surface area contributed by atoms with E-state index in [0.29, 0.717) is 11.4 Å². The molecule has 0 radical (unpaired) electrons. The van der Waals surface area contributed by atoms with Gasteiger partial charge in [-0.3, -0.25) is 4.79 Å². The maximum Gasteiger partial charge on any atom is 0.354 e. The van der Waals surface area contributed by atoms with E-state index >= 15 is 0 Å². The molecule has 21 heavy (non-hydrogen) atoms. The van der Waals surface area contributed by atoms with Crippen LogP contribution in [0.15, 0.2) is 29.4 Å². The van der Waals surface area contributed by atoms with Crippen LogP contribution in [0.4, 0.5) is 5.69 Å². The molecule has 2 rings (SSSR count). The molecule has 112 valence electrons. The fourth-order valence-corrected chi connectivity index (χ4v) is 2.07. The van der Waals surface area contributed by atoms with Crippen molar-refractivity contribution in [2.24, 2.45) is 10.9 Å². The van der Waals surface area contributed by atoms with Crippen LogP contribution in [0.2, 0.25) is 0 Å². The maximum absolute atomic E-state index is 11.8. The third kappa shape index (κ3) is 3.03. The first-order chi connectivity index (χ1) is 10.0. The largest absolute Gasteiger partial charge is 0.466 e. The molecule has 1 amide bonds. The van der Waals surface area contributed by atoms with Crippen molar-refractivity contribution < 1.29 is 19.2 Å². The van der Waals surface area contributed by atoms with Crippen LogP contribution in [0.3, 0.4) is 0 Å². The maximum atomic E-state index is 11.8. The van der Waals surface area contributed by atoms with Crippen LogP contribution in [0.25, 0.3) is 0 Å². The van der Waals surface area contributed by atoms with Crippen molar-refractivity contribution in [3.05, 3.63) is 29.8 Å². The molecule has 1 aliphatic rings. The van der Waals surface area contributed by atoms with Crippen molar-refractivity contribution in [1.82, 2.24) is 0 Å². The second-order valence-electron chi connectivity index (χ2n) is 4.75. The first-order valence-electron chi connectivity index (χ1n) is 6.42. The van der Waals surface area contributed by atoms with Crippen molar-refractivity contribution >= 4 is 23.3 Å². The molecular weight excluding hydrogens is 274 g/mol. The monoisotopic (exact) mass is 291 g/mol. The number of carbonyl (C=O) groups excluding carboxylic acids is 2. The standard InChI is InChI=1S/C14H17N3O4/c1-9(18)16-11-5-3-10(4-6-11)12-7-14(8-15,21-17-12)13(19)20-2/h3-6H,7-8,15H2,1-2H3,(H,16,18). The van der Waals surface area contributed by atoms with Crippen molar-refractivity contribution in [3.8, 4) is 0 Å². The summed E-state index contributed by atoms with van der Waals surface area (Å²) in [6, 6.07) is 7.08. The molecule has 7 heteroatoms. The Balaban J connectivity index is 2.14. The zero-order valence-electron chi connectivity index (χ0n) is 11.9. The van der Waals surface area contributed by atoms with Crippen LogP contribution in [0.1, 0.15) is 18.9 Å². The molecule has 1 heterocycles. The number of anilines is 1. The molecule has 0 bridgehead atoms. The van der Waals surface area contributed by atoms with Crippen LogP contribution in [-0.2, 0) is 19.2 Å². The highest BCUT2D eigenvalue weighted by Crippen LogP contribution is 2.27. The average Bonchev–Trinajstić information content (AvgIpc) is 2.92. The highest BCUT2D eigenvalue weighted by atomic mass is 16.7. The van der Waals surface area contributed by atoms with Crippen molar-refractivity contribution in [1.29, 1.82) is 0 Å². The van der Waals surface area contributed by atoms with Gasteiger partial charge in [0.15, 0.2) is 0 Å². The molecule has 1 atom stereocenters. The van der Waals surface area contributed by atoms with Gasteiger partial charge in [-0.25, -0.2) is 4.79 Å². The lowest BCUT2D eigenvalue weighted by atomic mass is 9.94. The molecule has 0 saturated heterocycles. The van der Waals surface area contributed by atoms with Gasteiger partial charge in [0.2, 0.25) is 5.91 Å². The van der Waals surface area contributed by atoms with Gasteiger partial charge in [0.25, 0.3) is 5.60 Å². The minimum atomic E-state index is -1.25. The molecule has 0 fully saturated rings. The van der Waals surface area contributed by atoms with Gasteiger partial charge in [0.05, 0.1) is 12.8 Å². The smallest absolute Gasteiger partial charge is 0.354 e. The number of carbonyl (C=O) groups is 2. The Bertz CT molecular complexity index is 582. The van der Waals surface area contributed by atoms with Crippen LogP contribution < -0.4 is 11.1 Å². The first-order valence-corrected chi connectivity index (χ1v) is 6.42. The number of benzene rings is 1. The van der Waals surface area contributed by atoms with Gasteiger partial charge in [-0.15, -0.1) is 0 Å². The van der Waals surface area contributed by atoms with Gasteiger partial charge < -0.3 is 20.6 Å².